The van der Waals surface area contributed by atoms with Crippen LogP contribution in [-0.4, -0.2) is 66.8 Å². The number of guanidine groups is 1. The third-order valence-electron chi connectivity index (χ3n) is 3.27. The van der Waals surface area contributed by atoms with E-state index in [1.165, 1.54) is 18.6 Å². The maximum Gasteiger partial charge on any atom is 0.410 e. The lowest BCUT2D eigenvalue weighted by Gasteiger charge is -2.25. The standard InChI is InChI=1S/C16H32N4O2S/c1-6-17-14(19-12-13-8-7-11-23-13)18-9-10-20(5)15(21)22-16(2,3)4/h13H,6-12H2,1-5H3,(H2,17,18,19). The molecule has 1 rings (SSSR count). The zero-order valence-electron chi connectivity index (χ0n) is 15.1. The highest BCUT2D eigenvalue weighted by molar-refractivity contribution is 8.00. The van der Waals surface area contributed by atoms with Crippen molar-refractivity contribution >= 4 is 23.8 Å². The fourth-order valence-corrected chi connectivity index (χ4v) is 3.28. The van der Waals surface area contributed by atoms with Crippen LogP contribution < -0.4 is 10.6 Å². The average Bonchev–Trinajstić information content (AvgIpc) is 2.96. The van der Waals surface area contributed by atoms with Crippen LogP contribution in [0.15, 0.2) is 4.99 Å². The summed E-state index contributed by atoms with van der Waals surface area (Å²) in [6, 6.07) is 0. The van der Waals surface area contributed by atoms with Gasteiger partial charge >= 0.3 is 6.09 Å². The molecule has 0 bridgehead atoms. The lowest BCUT2D eigenvalue weighted by atomic mass is 10.2. The lowest BCUT2D eigenvalue weighted by molar-refractivity contribution is 0.0302. The van der Waals surface area contributed by atoms with Crippen molar-refractivity contribution in [1.29, 1.82) is 0 Å². The molecule has 1 saturated heterocycles. The second kappa shape index (κ2) is 9.90. The van der Waals surface area contributed by atoms with Gasteiger partial charge in [-0.2, -0.15) is 11.8 Å². The Balaban J connectivity index is 2.33. The van der Waals surface area contributed by atoms with Crippen molar-refractivity contribution in [3.05, 3.63) is 0 Å². The first-order chi connectivity index (χ1) is 10.8. The van der Waals surface area contributed by atoms with E-state index in [4.69, 9.17) is 4.74 Å². The highest BCUT2D eigenvalue weighted by Gasteiger charge is 2.19. The smallest absolute Gasteiger partial charge is 0.410 e. The van der Waals surface area contributed by atoms with Crippen LogP contribution in [0.1, 0.15) is 40.5 Å². The molecule has 0 radical (unpaired) electrons. The summed E-state index contributed by atoms with van der Waals surface area (Å²) >= 11 is 2.01. The van der Waals surface area contributed by atoms with E-state index < -0.39 is 5.60 Å². The molecule has 0 saturated carbocycles. The van der Waals surface area contributed by atoms with E-state index >= 15 is 0 Å². The van der Waals surface area contributed by atoms with E-state index in [0.717, 1.165) is 19.0 Å². The first-order valence-corrected chi connectivity index (χ1v) is 9.44. The van der Waals surface area contributed by atoms with Crippen LogP contribution >= 0.6 is 11.8 Å². The molecule has 1 aliphatic rings. The van der Waals surface area contributed by atoms with Gasteiger partial charge in [-0.05, 0) is 46.3 Å². The molecule has 1 atom stereocenters. The Hall–Kier alpha value is -1.11. The topological polar surface area (TPSA) is 66.0 Å². The summed E-state index contributed by atoms with van der Waals surface area (Å²) in [7, 11) is 1.75. The van der Waals surface area contributed by atoms with Gasteiger partial charge in [-0.15, -0.1) is 0 Å². The summed E-state index contributed by atoms with van der Waals surface area (Å²) in [6.45, 7) is 10.5. The minimum Gasteiger partial charge on any atom is -0.444 e. The maximum absolute atomic E-state index is 11.9. The van der Waals surface area contributed by atoms with Crippen molar-refractivity contribution in [1.82, 2.24) is 15.5 Å². The van der Waals surface area contributed by atoms with Crippen LogP contribution in [-0.2, 0) is 4.74 Å². The molecule has 0 spiro atoms. The first kappa shape index (κ1) is 19.9. The summed E-state index contributed by atoms with van der Waals surface area (Å²) in [4.78, 5) is 18.1. The molecule has 0 aliphatic carbocycles. The Morgan fingerprint density at radius 1 is 1.39 bits per heavy atom. The van der Waals surface area contributed by atoms with E-state index in [9.17, 15) is 4.79 Å². The molecule has 1 fully saturated rings. The molecule has 2 N–H and O–H groups in total. The van der Waals surface area contributed by atoms with Crippen LogP contribution in [0.3, 0.4) is 0 Å². The Morgan fingerprint density at radius 3 is 2.70 bits per heavy atom. The van der Waals surface area contributed by atoms with Gasteiger partial charge < -0.3 is 20.3 Å². The van der Waals surface area contributed by atoms with Crippen LogP contribution in [0.4, 0.5) is 4.79 Å². The van der Waals surface area contributed by atoms with E-state index in [0.29, 0.717) is 18.3 Å². The number of ether oxygens (including phenoxy) is 1. The van der Waals surface area contributed by atoms with E-state index in [1.807, 2.05) is 39.5 Å². The molecule has 6 nitrogen and oxygen atoms in total. The van der Waals surface area contributed by atoms with Crippen molar-refractivity contribution in [3.8, 4) is 0 Å². The average molecular weight is 345 g/mol. The van der Waals surface area contributed by atoms with Crippen LogP contribution in [0.25, 0.3) is 0 Å². The van der Waals surface area contributed by atoms with Crippen molar-refractivity contribution in [2.75, 3.05) is 39.0 Å². The number of likely N-dealkylation sites (N-methyl/N-ethyl adjacent to an activating group) is 1. The Morgan fingerprint density at radius 2 is 2.13 bits per heavy atom. The second-order valence-corrected chi connectivity index (χ2v) is 8.09. The number of aliphatic imine (C=N–C) groups is 1. The summed E-state index contributed by atoms with van der Waals surface area (Å²) in [5.41, 5.74) is -0.464. The van der Waals surface area contributed by atoms with E-state index in [1.54, 1.807) is 11.9 Å². The van der Waals surface area contributed by atoms with Crippen molar-refractivity contribution in [3.63, 3.8) is 0 Å². The Bertz CT molecular complexity index is 390. The van der Waals surface area contributed by atoms with Gasteiger partial charge in [-0.1, -0.05) is 0 Å². The predicted molar refractivity (Wildman–Crippen MR) is 98.3 cm³/mol. The number of nitrogens with one attached hydrogen (secondary N) is 2. The van der Waals surface area contributed by atoms with Gasteiger partial charge in [0.1, 0.15) is 5.60 Å². The van der Waals surface area contributed by atoms with Gasteiger partial charge in [-0.3, -0.25) is 4.99 Å². The summed E-state index contributed by atoms with van der Waals surface area (Å²) < 4.78 is 5.33. The number of nitrogens with zero attached hydrogens (tertiary/aromatic N) is 2. The fourth-order valence-electron chi connectivity index (χ4n) is 2.10. The zero-order chi connectivity index (χ0) is 17.3. The Labute approximate surface area is 144 Å². The van der Waals surface area contributed by atoms with E-state index in [2.05, 4.69) is 15.6 Å². The van der Waals surface area contributed by atoms with Crippen LogP contribution in [0.5, 0.6) is 0 Å². The molecule has 0 aromatic rings. The highest BCUT2D eigenvalue weighted by atomic mass is 32.2. The van der Waals surface area contributed by atoms with E-state index in [-0.39, 0.29) is 6.09 Å². The molecule has 23 heavy (non-hydrogen) atoms. The number of hydrogen-bond donors (Lipinski definition) is 2. The highest BCUT2D eigenvalue weighted by Crippen LogP contribution is 2.25. The van der Waals surface area contributed by atoms with Gasteiger partial charge in [0, 0.05) is 31.9 Å². The molecule has 1 aliphatic heterocycles. The number of carbonyl (C=O) groups excluding carboxylic acids is 1. The van der Waals surface area contributed by atoms with Crippen molar-refractivity contribution < 1.29 is 9.53 Å². The maximum atomic E-state index is 11.9. The number of thioether (sulfide) groups is 1. The summed E-state index contributed by atoms with van der Waals surface area (Å²) in [5, 5.41) is 7.16. The monoisotopic (exact) mass is 344 g/mol. The van der Waals surface area contributed by atoms with Crippen molar-refractivity contribution in [2.45, 2.75) is 51.4 Å². The molecule has 1 heterocycles. The SMILES string of the molecule is CCNC(=NCC1CCCS1)NCCN(C)C(=O)OC(C)(C)C. The van der Waals surface area contributed by atoms with Gasteiger partial charge in [0.05, 0.1) is 6.54 Å². The third-order valence-corrected chi connectivity index (χ3v) is 4.65. The van der Waals surface area contributed by atoms with Gasteiger partial charge in [0.2, 0.25) is 0 Å². The minimum atomic E-state index is -0.464. The summed E-state index contributed by atoms with van der Waals surface area (Å²) in [6.07, 6.45) is 2.26. The number of carbonyl (C=O) groups is 1. The number of hydrogen-bond acceptors (Lipinski definition) is 4. The molecule has 0 aromatic carbocycles. The molecule has 1 unspecified atom stereocenters. The Kier molecular flexibility index (Phi) is 8.58. The first-order valence-electron chi connectivity index (χ1n) is 8.39. The largest absolute Gasteiger partial charge is 0.444 e. The van der Waals surface area contributed by atoms with Crippen LogP contribution in [0.2, 0.25) is 0 Å². The molecule has 7 heteroatoms. The molecular formula is C16H32N4O2S. The zero-order valence-corrected chi connectivity index (χ0v) is 16.0. The van der Waals surface area contributed by atoms with Crippen LogP contribution in [0, 0.1) is 0 Å². The third kappa shape index (κ3) is 8.93. The van der Waals surface area contributed by atoms with Crippen molar-refractivity contribution in [2.24, 2.45) is 4.99 Å². The number of amides is 1. The molecule has 1 amide bonds. The number of rotatable bonds is 6. The summed E-state index contributed by atoms with van der Waals surface area (Å²) in [5.74, 6) is 2.07. The predicted octanol–water partition coefficient (Wildman–Crippen LogP) is 2.30. The van der Waals surface area contributed by atoms with Gasteiger partial charge in [0.25, 0.3) is 0 Å². The second-order valence-electron chi connectivity index (χ2n) is 6.68. The lowest BCUT2D eigenvalue weighted by Crippen LogP contribution is -2.43. The minimum absolute atomic E-state index is 0.302. The quantitative estimate of drug-likeness (QED) is 0.572. The van der Waals surface area contributed by atoms with Gasteiger partial charge in [0.15, 0.2) is 5.96 Å². The molecular weight excluding hydrogens is 312 g/mol. The fraction of sp³-hybridized carbons (Fsp3) is 0.875. The van der Waals surface area contributed by atoms with Gasteiger partial charge in [-0.25, -0.2) is 4.79 Å². The molecule has 0 aromatic heterocycles. The normalized spacial score (nSPS) is 18.7. The molecule has 134 valence electrons.